The SMILES string of the molecule is CC(COc1ccc(Br)c(CN)c1)C(N)=O. The van der Waals surface area contributed by atoms with Crippen molar-refractivity contribution in [3.05, 3.63) is 28.2 Å². The van der Waals surface area contributed by atoms with E-state index >= 15 is 0 Å². The molecule has 4 nitrogen and oxygen atoms in total. The standard InChI is InChI=1S/C11H15BrN2O2/c1-7(11(14)15)6-16-9-2-3-10(12)8(4-9)5-13/h2-4,7H,5-6,13H2,1H3,(H2,14,15). The molecule has 1 aromatic rings. The first-order valence-corrected chi connectivity index (χ1v) is 5.74. The van der Waals surface area contributed by atoms with Crippen LogP contribution in [0.5, 0.6) is 5.75 Å². The smallest absolute Gasteiger partial charge is 0.223 e. The topological polar surface area (TPSA) is 78.3 Å². The molecular formula is C11H15BrN2O2. The van der Waals surface area contributed by atoms with Crippen LogP contribution in [0.15, 0.2) is 22.7 Å². The predicted molar refractivity (Wildman–Crippen MR) is 65.9 cm³/mol. The van der Waals surface area contributed by atoms with Crippen molar-refractivity contribution in [1.82, 2.24) is 0 Å². The zero-order valence-corrected chi connectivity index (χ0v) is 10.7. The van der Waals surface area contributed by atoms with Crippen LogP contribution in [0.1, 0.15) is 12.5 Å². The minimum absolute atomic E-state index is 0.279. The molecule has 0 aromatic heterocycles. The highest BCUT2D eigenvalue weighted by molar-refractivity contribution is 9.10. The second kappa shape index (κ2) is 5.86. The van der Waals surface area contributed by atoms with E-state index < -0.39 is 0 Å². The van der Waals surface area contributed by atoms with Gasteiger partial charge in [0.1, 0.15) is 5.75 Å². The fourth-order valence-electron chi connectivity index (χ4n) is 1.10. The number of benzene rings is 1. The van der Waals surface area contributed by atoms with Gasteiger partial charge in [-0.15, -0.1) is 0 Å². The third-order valence-corrected chi connectivity index (χ3v) is 3.00. The van der Waals surface area contributed by atoms with Crippen LogP contribution in [0.25, 0.3) is 0 Å². The Morgan fingerprint density at radius 2 is 2.25 bits per heavy atom. The van der Waals surface area contributed by atoms with Gasteiger partial charge in [-0.05, 0) is 23.8 Å². The zero-order valence-electron chi connectivity index (χ0n) is 9.07. The van der Waals surface area contributed by atoms with Gasteiger partial charge in [-0.3, -0.25) is 4.79 Å². The quantitative estimate of drug-likeness (QED) is 0.859. The molecule has 1 rings (SSSR count). The van der Waals surface area contributed by atoms with Crippen LogP contribution in [-0.2, 0) is 11.3 Å². The number of halogens is 1. The summed E-state index contributed by atoms with van der Waals surface area (Å²) in [5.74, 6) is 0.0258. The van der Waals surface area contributed by atoms with Gasteiger partial charge in [0.2, 0.25) is 5.91 Å². The average molecular weight is 287 g/mol. The van der Waals surface area contributed by atoms with E-state index in [2.05, 4.69) is 15.9 Å². The molecule has 88 valence electrons. The maximum atomic E-state index is 10.8. The van der Waals surface area contributed by atoms with Gasteiger partial charge in [0.25, 0.3) is 0 Å². The summed E-state index contributed by atoms with van der Waals surface area (Å²) >= 11 is 3.38. The van der Waals surface area contributed by atoms with Crippen molar-refractivity contribution in [2.45, 2.75) is 13.5 Å². The van der Waals surface area contributed by atoms with Gasteiger partial charge in [0, 0.05) is 11.0 Å². The first-order chi connectivity index (χ1) is 7.54. The summed E-state index contributed by atoms with van der Waals surface area (Å²) in [4.78, 5) is 10.8. The highest BCUT2D eigenvalue weighted by Crippen LogP contribution is 2.22. The molecule has 0 aliphatic carbocycles. The minimum Gasteiger partial charge on any atom is -0.493 e. The molecule has 4 N–H and O–H groups in total. The fraction of sp³-hybridized carbons (Fsp3) is 0.364. The minimum atomic E-state index is -0.365. The number of hydrogen-bond donors (Lipinski definition) is 2. The molecule has 0 heterocycles. The average Bonchev–Trinajstić information content (AvgIpc) is 2.27. The normalized spacial score (nSPS) is 12.2. The first kappa shape index (κ1) is 13.0. The highest BCUT2D eigenvalue weighted by Gasteiger charge is 2.09. The maximum absolute atomic E-state index is 10.8. The monoisotopic (exact) mass is 286 g/mol. The largest absolute Gasteiger partial charge is 0.493 e. The molecular weight excluding hydrogens is 272 g/mol. The van der Waals surface area contributed by atoms with Crippen LogP contribution >= 0.6 is 15.9 Å². The molecule has 1 atom stereocenters. The summed E-state index contributed by atoms with van der Waals surface area (Å²) in [5, 5.41) is 0. The van der Waals surface area contributed by atoms with E-state index in [1.165, 1.54) is 0 Å². The Kier molecular flexibility index (Phi) is 4.76. The Bertz CT molecular complexity index is 382. The molecule has 1 unspecified atom stereocenters. The fourth-order valence-corrected chi connectivity index (χ4v) is 1.51. The Balaban J connectivity index is 2.64. The van der Waals surface area contributed by atoms with Crippen molar-refractivity contribution < 1.29 is 9.53 Å². The van der Waals surface area contributed by atoms with Crippen LogP contribution in [0.4, 0.5) is 0 Å². The molecule has 0 aliphatic heterocycles. The van der Waals surface area contributed by atoms with Gasteiger partial charge in [-0.2, -0.15) is 0 Å². The van der Waals surface area contributed by atoms with Gasteiger partial charge in [-0.25, -0.2) is 0 Å². The summed E-state index contributed by atoms with van der Waals surface area (Å²) in [5.41, 5.74) is 11.7. The number of nitrogens with two attached hydrogens (primary N) is 2. The second-order valence-corrected chi connectivity index (χ2v) is 4.43. The molecule has 1 amide bonds. The summed E-state index contributed by atoms with van der Waals surface area (Å²) < 4.78 is 6.40. The van der Waals surface area contributed by atoms with E-state index in [-0.39, 0.29) is 18.4 Å². The lowest BCUT2D eigenvalue weighted by Crippen LogP contribution is -2.25. The lowest BCUT2D eigenvalue weighted by Gasteiger charge is -2.11. The third kappa shape index (κ3) is 3.50. The molecule has 16 heavy (non-hydrogen) atoms. The molecule has 0 radical (unpaired) electrons. The number of rotatable bonds is 5. The summed E-state index contributed by atoms with van der Waals surface area (Å²) in [6.07, 6.45) is 0. The van der Waals surface area contributed by atoms with Crippen LogP contribution in [0, 0.1) is 5.92 Å². The molecule has 0 fully saturated rings. The Morgan fingerprint density at radius 3 is 2.81 bits per heavy atom. The van der Waals surface area contributed by atoms with E-state index in [9.17, 15) is 4.79 Å². The second-order valence-electron chi connectivity index (χ2n) is 3.57. The maximum Gasteiger partial charge on any atom is 0.223 e. The molecule has 0 saturated heterocycles. The van der Waals surface area contributed by atoms with Crippen molar-refractivity contribution in [2.24, 2.45) is 17.4 Å². The Morgan fingerprint density at radius 1 is 1.56 bits per heavy atom. The van der Waals surface area contributed by atoms with Crippen molar-refractivity contribution >= 4 is 21.8 Å². The number of hydrogen-bond acceptors (Lipinski definition) is 3. The van der Waals surface area contributed by atoms with Crippen LogP contribution in [-0.4, -0.2) is 12.5 Å². The van der Waals surface area contributed by atoms with E-state index in [1.807, 2.05) is 18.2 Å². The predicted octanol–water partition coefficient (Wildman–Crippen LogP) is 1.41. The van der Waals surface area contributed by atoms with Gasteiger partial charge in [-0.1, -0.05) is 22.9 Å². The number of carbonyl (C=O) groups excluding carboxylic acids is 1. The van der Waals surface area contributed by atoms with Crippen molar-refractivity contribution in [2.75, 3.05) is 6.61 Å². The van der Waals surface area contributed by atoms with Gasteiger partial charge >= 0.3 is 0 Å². The lowest BCUT2D eigenvalue weighted by atomic mass is 10.2. The van der Waals surface area contributed by atoms with E-state index in [1.54, 1.807) is 6.92 Å². The Labute approximate surface area is 103 Å². The first-order valence-electron chi connectivity index (χ1n) is 4.95. The van der Waals surface area contributed by atoms with Crippen molar-refractivity contribution in [3.8, 4) is 5.75 Å². The molecule has 0 saturated carbocycles. The van der Waals surface area contributed by atoms with Gasteiger partial charge < -0.3 is 16.2 Å². The summed E-state index contributed by atoms with van der Waals surface area (Å²) in [7, 11) is 0. The Hall–Kier alpha value is -1.07. The number of carbonyl (C=O) groups is 1. The lowest BCUT2D eigenvalue weighted by molar-refractivity contribution is -0.122. The van der Waals surface area contributed by atoms with E-state index in [0.717, 1.165) is 10.0 Å². The van der Waals surface area contributed by atoms with Crippen molar-refractivity contribution in [3.63, 3.8) is 0 Å². The summed E-state index contributed by atoms with van der Waals surface area (Å²) in [6, 6.07) is 5.53. The molecule has 0 aliphatic rings. The van der Waals surface area contributed by atoms with E-state index in [0.29, 0.717) is 12.3 Å². The van der Waals surface area contributed by atoms with E-state index in [4.69, 9.17) is 16.2 Å². The molecule has 1 aromatic carbocycles. The highest BCUT2D eigenvalue weighted by atomic mass is 79.9. The van der Waals surface area contributed by atoms with Crippen LogP contribution in [0.3, 0.4) is 0 Å². The van der Waals surface area contributed by atoms with Crippen LogP contribution < -0.4 is 16.2 Å². The molecule has 0 bridgehead atoms. The van der Waals surface area contributed by atoms with Gasteiger partial charge in [0.15, 0.2) is 0 Å². The van der Waals surface area contributed by atoms with Crippen molar-refractivity contribution in [1.29, 1.82) is 0 Å². The zero-order chi connectivity index (χ0) is 12.1. The number of amides is 1. The van der Waals surface area contributed by atoms with Gasteiger partial charge in [0.05, 0.1) is 12.5 Å². The van der Waals surface area contributed by atoms with Crippen LogP contribution in [0.2, 0.25) is 0 Å². The molecule has 0 spiro atoms. The molecule has 5 heteroatoms. The summed E-state index contributed by atoms with van der Waals surface area (Å²) in [6.45, 7) is 2.44. The number of primary amides is 1. The third-order valence-electron chi connectivity index (χ3n) is 2.22. The number of ether oxygens (including phenoxy) is 1.